The van der Waals surface area contributed by atoms with Crippen LogP contribution in [0.4, 0.5) is 5.69 Å². The zero-order valence-corrected chi connectivity index (χ0v) is 9.49. The average molecular weight is 217 g/mol. The molecule has 0 aliphatic heterocycles. The molecule has 84 valence electrons. The minimum absolute atomic E-state index is 0.682. The molecular formula is C13H15NO2. The summed E-state index contributed by atoms with van der Waals surface area (Å²) in [4.78, 5) is 0. The fraction of sp³-hybridized carbons (Fsp3) is 0.231. The second-order valence-corrected chi connectivity index (χ2v) is 3.61. The number of hydrogen-bond donors (Lipinski definition) is 1. The number of anilines is 1. The molecule has 0 atom stereocenters. The van der Waals surface area contributed by atoms with Gasteiger partial charge in [-0.15, -0.1) is 0 Å². The van der Waals surface area contributed by atoms with Gasteiger partial charge in [0.1, 0.15) is 11.5 Å². The summed E-state index contributed by atoms with van der Waals surface area (Å²) in [6.45, 7) is 2.74. The highest BCUT2D eigenvalue weighted by Crippen LogP contribution is 2.22. The molecular weight excluding hydrogens is 202 g/mol. The van der Waals surface area contributed by atoms with Gasteiger partial charge in [-0.1, -0.05) is 6.07 Å². The SMILES string of the molecule is COc1ccc(C)c(NCc2ccco2)c1. The summed E-state index contributed by atoms with van der Waals surface area (Å²) in [6, 6.07) is 9.80. The molecule has 0 bridgehead atoms. The quantitative estimate of drug-likeness (QED) is 0.853. The molecule has 0 radical (unpaired) electrons. The third-order valence-corrected chi connectivity index (χ3v) is 2.48. The van der Waals surface area contributed by atoms with Crippen molar-refractivity contribution in [2.45, 2.75) is 13.5 Å². The molecule has 0 amide bonds. The van der Waals surface area contributed by atoms with E-state index in [4.69, 9.17) is 9.15 Å². The van der Waals surface area contributed by atoms with Gasteiger partial charge in [0.05, 0.1) is 19.9 Å². The Bertz CT molecular complexity index is 449. The lowest BCUT2D eigenvalue weighted by Crippen LogP contribution is -2.00. The Hall–Kier alpha value is -1.90. The predicted molar refractivity (Wildman–Crippen MR) is 63.8 cm³/mol. The first-order valence-electron chi connectivity index (χ1n) is 5.20. The molecule has 0 fully saturated rings. The highest BCUT2D eigenvalue weighted by molar-refractivity contribution is 5.54. The molecule has 1 aromatic carbocycles. The number of benzene rings is 1. The highest BCUT2D eigenvalue weighted by atomic mass is 16.5. The lowest BCUT2D eigenvalue weighted by atomic mass is 10.2. The van der Waals surface area contributed by atoms with Gasteiger partial charge in [0, 0.05) is 11.8 Å². The number of hydrogen-bond acceptors (Lipinski definition) is 3. The second kappa shape index (κ2) is 4.75. The fourth-order valence-corrected chi connectivity index (χ4v) is 1.51. The maximum Gasteiger partial charge on any atom is 0.122 e. The molecule has 0 aliphatic rings. The number of methoxy groups -OCH3 is 1. The molecule has 2 aromatic rings. The lowest BCUT2D eigenvalue weighted by Gasteiger charge is -2.09. The van der Waals surface area contributed by atoms with Crippen molar-refractivity contribution >= 4 is 5.69 Å². The van der Waals surface area contributed by atoms with E-state index in [-0.39, 0.29) is 0 Å². The Morgan fingerprint density at radius 1 is 1.31 bits per heavy atom. The van der Waals surface area contributed by atoms with Crippen LogP contribution in [0.2, 0.25) is 0 Å². The minimum atomic E-state index is 0.682. The normalized spacial score (nSPS) is 10.1. The van der Waals surface area contributed by atoms with E-state index in [9.17, 15) is 0 Å². The Balaban J connectivity index is 2.08. The van der Waals surface area contributed by atoms with Crippen molar-refractivity contribution in [3.8, 4) is 5.75 Å². The summed E-state index contributed by atoms with van der Waals surface area (Å²) in [5, 5.41) is 3.32. The van der Waals surface area contributed by atoms with Crippen molar-refractivity contribution in [1.29, 1.82) is 0 Å². The molecule has 0 unspecified atom stereocenters. The van der Waals surface area contributed by atoms with Gasteiger partial charge in [-0.3, -0.25) is 0 Å². The van der Waals surface area contributed by atoms with Crippen molar-refractivity contribution in [2.75, 3.05) is 12.4 Å². The van der Waals surface area contributed by atoms with E-state index < -0.39 is 0 Å². The van der Waals surface area contributed by atoms with Gasteiger partial charge in [0.15, 0.2) is 0 Å². The third kappa shape index (κ3) is 2.37. The summed E-state index contributed by atoms with van der Waals surface area (Å²) >= 11 is 0. The third-order valence-electron chi connectivity index (χ3n) is 2.48. The molecule has 1 N–H and O–H groups in total. The zero-order valence-electron chi connectivity index (χ0n) is 9.49. The van der Waals surface area contributed by atoms with Crippen LogP contribution in [0.15, 0.2) is 41.0 Å². The van der Waals surface area contributed by atoms with Crippen LogP contribution in [0.25, 0.3) is 0 Å². The lowest BCUT2D eigenvalue weighted by molar-refractivity contribution is 0.415. The monoisotopic (exact) mass is 217 g/mol. The number of furan rings is 1. The summed E-state index contributed by atoms with van der Waals surface area (Å²) in [7, 11) is 1.67. The van der Waals surface area contributed by atoms with E-state index in [0.29, 0.717) is 6.54 Å². The van der Waals surface area contributed by atoms with E-state index in [2.05, 4.69) is 12.2 Å². The first-order valence-corrected chi connectivity index (χ1v) is 5.20. The summed E-state index contributed by atoms with van der Waals surface area (Å²) in [6.07, 6.45) is 1.68. The Labute approximate surface area is 95.0 Å². The summed E-state index contributed by atoms with van der Waals surface area (Å²) in [5.41, 5.74) is 2.25. The van der Waals surface area contributed by atoms with Crippen LogP contribution in [0.3, 0.4) is 0 Å². The smallest absolute Gasteiger partial charge is 0.122 e. The van der Waals surface area contributed by atoms with E-state index in [1.165, 1.54) is 5.56 Å². The largest absolute Gasteiger partial charge is 0.497 e. The van der Waals surface area contributed by atoms with Gasteiger partial charge in [-0.05, 0) is 30.7 Å². The number of aryl methyl sites for hydroxylation is 1. The average Bonchev–Trinajstić information content (AvgIpc) is 2.81. The highest BCUT2D eigenvalue weighted by Gasteiger charge is 2.01. The Kier molecular flexibility index (Phi) is 3.15. The van der Waals surface area contributed by atoms with Crippen molar-refractivity contribution in [3.05, 3.63) is 47.9 Å². The van der Waals surface area contributed by atoms with E-state index in [1.54, 1.807) is 13.4 Å². The minimum Gasteiger partial charge on any atom is -0.497 e. The first-order chi connectivity index (χ1) is 7.79. The molecule has 0 saturated carbocycles. The number of ether oxygens (including phenoxy) is 1. The number of nitrogens with one attached hydrogen (secondary N) is 1. The maximum atomic E-state index is 5.26. The number of rotatable bonds is 4. The van der Waals surface area contributed by atoms with Crippen LogP contribution >= 0.6 is 0 Å². The Morgan fingerprint density at radius 3 is 2.88 bits per heavy atom. The molecule has 2 rings (SSSR count). The van der Waals surface area contributed by atoms with Crippen LogP contribution in [0.5, 0.6) is 5.75 Å². The molecule has 0 spiro atoms. The summed E-state index contributed by atoms with van der Waals surface area (Å²) < 4.78 is 10.4. The van der Waals surface area contributed by atoms with Gasteiger partial charge in [0.25, 0.3) is 0 Å². The van der Waals surface area contributed by atoms with Crippen LogP contribution in [-0.2, 0) is 6.54 Å². The molecule has 1 heterocycles. The van der Waals surface area contributed by atoms with Gasteiger partial charge >= 0.3 is 0 Å². The first kappa shape index (κ1) is 10.6. The predicted octanol–water partition coefficient (Wildman–Crippen LogP) is 3.21. The van der Waals surface area contributed by atoms with Gasteiger partial charge < -0.3 is 14.5 Å². The van der Waals surface area contributed by atoms with Gasteiger partial charge in [0.2, 0.25) is 0 Å². The van der Waals surface area contributed by atoms with Crippen molar-refractivity contribution < 1.29 is 9.15 Å². The molecule has 16 heavy (non-hydrogen) atoms. The second-order valence-electron chi connectivity index (χ2n) is 3.61. The molecule has 3 nitrogen and oxygen atoms in total. The Morgan fingerprint density at radius 2 is 2.19 bits per heavy atom. The van der Waals surface area contributed by atoms with Crippen LogP contribution in [0.1, 0.15) is 11.3 Å². The standard InChI is InChI=1S/C13H15NO2/c1-10-5-6-11(15-2)8-13(10)14-9-12-4-3-7-16-12/h3-8,14H,9H2,1-2H3. The van der Waals surface area contributed by atoms with Crippen LogP contribution in [-0.4, -0.2) is 7.11 Å². The van der Waals surface area contributed by atoms with E-state index in [1.807, 2.05) is 30.3 Å². The zero-order chi connectivity index (χ0) is 11.4. The molecule has 3 heteroatoms. The van der Waals surface area contributed by atoms with Gasteiger partial charge in [-0.2, -0.15) is 0 Å². The van der Waals surface area contributed by atoms with Gasteiger partial charge in [-0.25, -0.2) is 0 Å². The van der Waals surface area contributed by atoms with Crippen LogP contribution in [0, 0.1) is 6.92 Å². The maximum absolute atomic E-state index is 5.26. The van der Waals surface area contributed by atoms with Crippen LogP contribution < -0.4 is 10.1 Å². The van der Waals surface area contributed by atoms with E-state index >= 15 is 0 Å². The molecule has 0 aliphatic carbocycles. The fourth-order valence-electron chi connectivity index (χ4n) is 1.51. The molecule has 1 aromatic heterocycles. The summed E-state index contributed by atoms with van der Waals surface area (Å²) in [5.74, 6) is 1.77. The van der Waals surface area contributed by atoms with Crippen molar-refractivity contribution in [2.24, 2.45) is 0 Å². The topological polar surface area (TPSA) is 34.4 Å². The van der Waals surface area contributed by atoms with Crippen molar-refractivity contribution in [1.82, 2.24) is 0 Å². The van der Waals surface area contributed by atoms with E-state index in [0.717, 1.165) is 17.2 Å². The van der Waals surface area contributed by atoms with Crippen molar-refractivity contribution in [3.63, 3.8) is 0 Å². The molecule has 0 saturated heterocycles.